The quantitative estimate of drug-likeness (QED) is 0.685. The highest BCUT2D eigenvalue weighted by Crippen LogP contribution is 2.25. The fourth-order valence-electron chi connectivity index (χ4n) is 2.61. The van der Waals surface area contributed by atoms with Gasteiger partial charge in [-0.1, -0.05) is 25.5 Å². The first-order valence-electron chi connectivity index (χ1n) is 7.34. The van der Waals surface area contributed by atoms with Gasteiger partial charge < -0.3 is 11.1 Å². The van der Waals surface area contributed by atoms with Gasteiger partial charge in [-0.25, -0.2) is 0 Å². The van der Waals surface area contributed by atoms with Gasteiger partial charge in [0, 0.05) is 13.1 Å². The molecule has 0 spiro atoms. The molecule has 0 radical (unpaired) electrons. The fourth-order valence-corrected chi connectivity index (χ4v) is 2.61. The molecule has 0 saturated heterocycles. The Morgan fingerprint density at radius 1 is 1.39 bits per heavy atom. The minimum absolute atomic E-state index is 0.131. The number of carbonyl (C=O) groups excluding carboxylic acids is 1. The van der Waals surface area contributed by atoms with E-state index in [0.29, 0.717) is 6.54 Å². The van der Waals surface area contributed by atoms with Crippen molar-refractivity contribution in [2.24, 2.45) is 11.1 Å². The van der Waals surface area contributed by atoms with Gasteiger partial charge in [-0.2, -0.15) is 0 Å². The molecule has 3 nitrogen and oxygen atoms in total. The molecule has 0 unspecified atom stereocenters. The first kappa shape index (κ1) is 15.2. The van der Waals surface area contributed by atoms with Crippen LogP contribution in [-0.2, 0) is 4.79 Å². The van der Waals surface area contributed by atoms with Gasteiger partial charge in [0.15, 0.2) is 0 Å². The summed E-state index contributed by atoms with van der Waals surface area (Å²) < 4.78 is 0. The van der Waals surface area contributed by atoms with Gasteiger partial charge in [0.05, 0.1) is 5.41 Å². The third-order valence-corrected chi connectivity index (χ3v) is 4.34. The van der Waals surface area contributed by atoms with E-state index in [9.17, 15) is 4.79 Å². The summed E-state index contributed by atoms with van der Waals surface area (Å²) in [4.78, 5) is 12.2. The van der Waals surface area contributed by atoms with Crippen molar-refractivity contribution >= 4 is 5.91 Å². The second-order valence-corrected chi connectivity index (χ2v) is 5.31. The Morgan fingerprint density at radius 3 is 2.61 bits per heavy atom. The molecular formula is C15H28N2O. The molecule has 0 aromatic carbocycles. The summed E-state index contributed by atoms with van der Waals surface area (Å²) in [5.74, 6) is 0.131. The lowest BCUT2D eigenvalue weighted by molar-refractivity contribution is -0.131. The van der Waals surface area contributed by atoms with Crippen molar-refractivity contribution in [2.75, 3.05) is 13.1 Å². The van der Waals surface area contributed by atoms with Gasteiger partial charge >= 0.3 is 0 Å². The zero-order valence-corrected chi connectivity index (χ0v) is 11.9. The van der Waals surface area contributed by atoms with Crippen LogP contribution in [0.4, 0.5) is 0 Å². The van der Waals surface area contributed by atoms with E-state index >= 15 is 0 Å². The van der Waals surface area contributed by atoms with E-state index in [2.05, 4.69) is 11.4 Å². The molecule has 3 heteroatoms. The van der Waals surface area contributed by atoms with Crippen LogP contribution in [0, 0.1) is 5.41 Å². The summed E-state index contributed by atoms with van der Waals surface area (Å²) in [5.41, 5.74) is 6.92. The van der Waals surface area contributed by atoms with Gasteiger partial charge in [-0.3, -0.25) is 4.79 Å². The van der Waals surface area contributed by atoms with Crippen LogP contribution in [0.5, 0.6) is 0 Å². The summed E-state index contributed by atoms with van der Waals surface area (Å²) in [6.07, 6.45) is 10.0. The molecule has 0 saturated carbocycles. The Bertz CT molecular complexity index is 285. The number of carbonyl (C=O) groups is 1. The van der Waals surface area contributed by atoms with Gasteiger partial charge in [0.25, 0.3) is 0 Å². The molecule has 0 heterocycles. The maximum Gasteiger partial charge on any atom is 0.227 e. The van der Waals surface area contributed by atoms with Gasteiger partial charge in [0.1, 0.15) is 0 Å². The van der Waals surface area contributed by atoms with Crippen LogP contribution in [0.15, 0.2) is 11.6 Å². The van der Waals surface area contributed by atoms with Crippen molar-refractivity contribution in [3.8, 4) is 0 Å². The molecular weight excluding hydrogens is 224 g/mol. The number of rotatable bonds is 7. The largest absolute Gasteiger partial charge is 0.355 e. The number of allylic oxidation sites excluding steroid dienone is 1. The molecule has 1 aliphatic rings. The van der Waals surface area contributed by atoms with Gasteiger partial charge in [0.2, 0.25) is 5.91 Å². The summed E-state index contributed by atoms with van der Waals surface area (Å²) in [6, 6.07) is 0. The van der Waals surface area contributed by atoms with Crippen molar-refractivity contribution in [3.63, 3.8) is 0 Å². The van der Waals surface area contributed by atoms with Crippen LogP contribution < -0.4 is 11.1 Å². The molecule has 0 fully saturated rings. The van der Waals surface area contributed by atoms with Crippen molar-refractivity contribution in [1.82, 2.24) is 5.32 Å². The summed E-state index contributed by atoms with van der Waals surface area (Å²) in [6.45, 7) is 5.28. The van der Waals surface area contributed by atoms with Crippen molar-refractivity contribution in [3.05, 3.63) is 11.6 Å². The molecule has 0 bridgehead atoms. The van der Waals surface area contributed by atoms with Crippen molar-refractivity contribution in [2.45, 2.75) is 58.8 Å². The lowest BCUT2D eigenvalue weighted by Gasteiger charge is -2.28. The highest BCUT2D eigenvalue weighted by molar-refractivity contribution is 5.82. The third kappa shape index (κ3) is 3.84. The predicted molar refractivity (Wildman–Crippen MR) is 76.2 cm³/mol. The minimum atomic E-state index is -0.360. The topological polar surface area (TPSA) is 55.1 Å². The lowest BCUT2D eigenvalue weighted by atomic mass is 9.81. The Labute approximate surface area is 111 Å². The lowest BCUT2D eigenvalue weighted by Crippen LogP contribution is -2.45. The van der Waals surface area contributed by atoms with E-state index in [-0.39, 0.29) is 11.3 Å². The number of nitrogens with one attached hydrogen (secondary N) is 1. The standard InChI is InChI=1S/C15H28N2O/c1-3-15(4-2,12-16)14(18)17-11-10-13-8-6-5-7-9-13/h8H,3-7,9-12,16H2,1-2H3,(H,17,18). The van der Waals surface area contributed by atoms with Gasteiger partial charge in [-0.05, 0) is 44.9 Å². The Balaban J connectivity index is 2.37. The number of hydrogen-bond acceptors (Lipinski definition) is 2. The third-order valence-electron chi connectivity index (χ3n) is 4.34. The highest BCUT2D eigenvalue weighted by Gasteiger charge is 2.32. The second-order valence-electron chi connectivity index (χ2n) is 5.31. The zero-order valence-electron chi connectivity index (χ0n) is 11.9. The van der Waals surface area contributed by atoms with Crippen LogP contribution in [0.25, 0.3) is 0 Å². The monoisotopic (exact) mass is 252 g/mol. The molecule has 3 N–H and O–H groups in total. The van der Waals surface area contributed by atoms with Crippen LogP contribution in [0.3, 0.4) is 0 Å². The fraction of sp³-hybridized carbons (Fsp3) is 0.800. The Hall–Kier alpha value is -0.830. The molecule has 0 atom stereocenters. The number of amides is 1. The van der Waals surface area contributed by atoms with E-state index < -0.39 is 0 Å². The second kappa shape index (κ2) is 7.57. The average Bonchev–Trinajstić information content (AvgIpc) is 2.42. The normalized spacial score (nSPS) is 16.3. The average molecular weight is 252 g/mol. The van der Waals surface area contributed by atoms with E-state index in [1.807, 2.05) is 13.8 Å². The first-order chi connectivity index (χ1) is 8.68. The minimum Gasteiger partial charge on any atom is -0.355 e. The number of hydrogen-bond donors (Lipinski definition) is 2. The maximum atomic E-state index is 12.2. The molecule has 0 aromatic rings. The van der Waals surface area contributed by atoms with Crippen LogP contribution in [0.2, 0.25) is 0 Å². The summed E-state index contributed by atoms with van der Waals surface area (Å²) >= 11 is 0. The van der Waals surface area contributed by atoms with Crippen molar-refractivity contribution in [1.29, 1.82) is 0 Å². The molecule has 0 aromatic heterocycles. The van der Waals surface area contributed by atoms with Crippen LogP contribution in [0.1, 0.15) is 58.8 Å². The van der Waals surface area contributed by atoms with E-state index in [1.165, 1.54) is 31.3 Å². The van der Waals surface area contributed by atoms with E-state index in [4.69, 9.17) is 5.73 Å². The first-order valence-corrected chi connectivity index (χ1v) is 7.34. The predicted octanol–water partition coefficient (Wildman–Crippen LogP) is 2.76. The Kier molecular flexibility index (Phi) is 6.41. The zero-order chi connectivity index (χ0) is 13.4. The molecule has 0 aliphatic heterocycles. The SMILES string of the molecule is CCC(CC)(CN)C(=O)NCCC1=CCCCC1. The number of nitrogens with two attached hydrogens (primary N) is 1. The molecule has 18 heavy (non-hydrogen) atoms. The smallest absolute Gasteiger partial charge is 0.227 e. The molecule has 104 valence electrons. The maximum absolute atomic E-state index is 12.2. The van der Waals surface area contributed by atoms with E-state index in [1.54, 1.807) is 0 Å². The van der Waals surface area contributed by atoms with Gasteiger partial charge in [-0.15, -0.1) is 0 Å². The molecule has 1 rings (SSSR count). The Morgan fingerprint density at radius 2 is 2.11 bits per heavy atom. The highest BCUT2D eigenvalue weighted by atomic mass is 16.2. The van der Waals surface area contributed by atoms with Crippen LogP contribution >= 0.6 is 0 Å². The summed E-state index contributed by atoms with van der Waals surface area (Å²) in [7, 11) is 0. The van der Waals surface area contributed by atoms with Crippen LogP contribution in [-0.4, -0.2) is 19.0 Å². The molecule has 1 aliphatic carbocycles. The molecule has 1 amide bonds. The summed E-state index contributed by atoms with van der Waals surface area (Å²) in [5, 5.41) is 3.06. The van der Waals surface area contributed by atoms with E-state index in [0.717, 1.165) is 25.8 Å². The van der Waals surface area contributed by atoms with Crippen molar-refractivity contribution < 1.29 is 4.79 Å².